The molecular formula is C20H28O5. The van der Waals surface area contributed by atoms with Crippen LogP contribution in [0.2, 0.25) is 0 Å². The zero-order valence-corrected chi connectivity index (χ0v) is 15.5. The van der Waals surface area contributed by atoms with Crippen LogP contribution in [0.5, 0.6) is 5.75 Å². The van der Waals surface area contributed by atoms with Crippen molar-refractivity contribution in [3.63, 3.8) is 0 Å². The van der Waals surface area contributed by atoms with E-state index in [4.69, 9.17) is 18.9 Å². The van der Waals surface area contributed by atoms with Gasteiger partial charge in [-0.3, -0.25) is 4.79 Å². The molecule has 2 fully saturated rings. The van der Waals surface area contributed by atoms with E-state index in [9.17, 15) is 4.79 Å². The summed E-state index contributed by atoms with van der Waals surface area (Å²) in [5.74, 6) is 0.805. The van der Waals surface area contributed by atoms with E-state index in [-0.39, 0.29) is 23.2 Å². The van der Waals surface area contributed by atoms with E-state index in [1.165, 1.54) is 0 Å². The zero-order valence-electron chi connectivity index (χ0n) is 15.5. The van der Waals surface area contributed by atoms with Crippen molar-refractivity contribution in [2.45, 2.75) is 44.5 Å². The number of epoxide rings is 1. The van der Waals surface area contributed by atoms with Gasteiger partial charge in [-0.15, -0.1) is 0 Å². The topological polar surface area (TPSA) is 57.3 Å². The highest BCUT2D eigenvalue weighted by Crippen LogP contribution is 2.52. The van der Waals surface area contributed by atoms with Gasteiger partial charge in [0, 0.05) is 13.0 Å². The summed E-state index contributed by atoms with van der Waals surface area (Å²) in [5, 5.41) is 0. The normalized spacial score (nSPS) is 32.0. The summed E-state index contributed by atoms with van der Waals surface area (Å²) in [6, 6.07) is 9.66. The van der Waals surface area contributed by atoms with Crippen molar-refractivity contribution in [1.82, 2.24) is 0 Å². The molecule has 0 amide bonds. The molecule has 138 valence electrons. The van der Waals surface area contributed by atoms with Crippen LogP contribution in [0.15, 0.2) is 30.3 Å². The molecule has 25 heavy (non-hydrogen) atoms. The molecule has 0 bridgehead atoms. The number of hydrogen-bond acceptors (Lipinski definition) is 5. The van der Waals surface area contributed by atoms with Crippen LogP contribution in [0.1, 0.15) is 27.2 Å². The van der Waals surface area contributed by atoms with Gasteiger partial charge in [-0.05, 0) is 32.4 Å². The van der Waals surface area contributed by atoms with Crippen molar-refractivity contribution < 1.29 is 23.7 Å². The maximum atomic E-state index is 12.6. The minimum absolute atomic E-state index is 0.0408. The third kappa shape index (κ3) is 3.73. The molecule has 0 N–H and O–H groups in total. The second-order valence-corrected chi connectivity index (χ2v) is 7.61. The number of carbonyl (C=O) groups excluding carboxylic acids is 1. The van der Waals surface area contributed by atoms with Gasteiger partial charge in [0.05, 0.1) is 24.7 Å². The molecule has 0 unspecified atom stereocenters. The first-order valence-electron chi connectivity index (χ1n) is 8.92. The maximum absolute atomic E-state index is 12.6. The predicted molar refractivity (Wildman–Crippen MR) is 93.7 cm³/mol. The van der Waals surface area contributed by atoms with Crippen LogP contribution in [0.4, 0.5) is 0 Å². The summed E-state index contributed by atoms with van der Waals surface area (Å²) in [7, 11) is 1.60. The molecule has 1 aromatic rings. The smallest absolute Gasteiger partial charge is 0.164 e. The van der Waals surface area contributed by atoms with Gasteiger partial charge in [0.2, 0.25) is 0 Å². The summed E-state index contributed by atoms with van der Waals surface area (Å²) >= 11 is 0. The Labute approximate surface area is 149 Å². The Hall–Kier alpha value is -1.43. The van der Waals surface area contributed by atoms with E-state index < -0.39 is 11.7 Å². The molecule has 1 aliphatic carbocycles. The standard InChI is InChI=1S/C20H28O5/c1-14-12-20(13-25-20)18(17(22-4)16(14)21)19(2,3)24-11-10-23-15-8-6-5-7-9-15/h5-9,14,17-18H,10-13H2,1-4H3/t14-,17-,18-,20+/m1/s1. The molecule has 2 aliphatic rings. The summed E-state index contributed by atoms with van der Waals surface area (Å²) in [5.41, 5.74) is -0.842. The van der Waals surface area contributed by atoms with Crippen LogP contribution in [-0.4, -0.2) is 50.0 Å². The summed E-state index contributed by atoms with van der Waals surface area (Å²) in [6.07, 6.45) is 0.250. The van der Waals surface area contributed by atoms with Gasteiger partial charge >= 0.3 is 0 Å². The predicted octanol–water partition coefficient (Wildman–Crippen LogP) is 2.87. The number of Topliss-reactive ketones (excluding diaryl/α,β-unsaturated/α-hetero) is 1. The Balaban J connectivity index is 1.62. The summed E-state index contributed by atoms with van der Waals surface area (Å²) in [4.78, 5) is 12.6. The van der Waals surface area contributed by atoms with Crippen molar-refractivity contribution in [1.29, 1.82) is 0 Å². The molecule has 5 nitrogen and oxygen atoms in total. The van der Waals surface area contributed by atoms with Gasteiger partial charge < -0.3 is 18.9 Å². The summed E-state index contributed by atoms with van der Waals surface area (Å²) < 4.78 is 23.2. The van der Waals surface area contributed by atoms with Crippen molar-refractivity contribution in [2.24, 2.45) is 11.8 Å². The lowest BCUT2D eigenvalue weighted by Gasteiger charge is -2.45. The number of ketones is 1. The van der Waals surface area contributed by atoms with E-state index in [0.717, 1.165) is 12.2 Å². The van der Waals surface area contributed by atoms with Gasteiger partial charge in [0.15, 0.2) is 5.78 Å². The van der Waals surface area contributed by atoms with Crippen molar-refractivity contribution >= 4 is 5.78 Å². The van der Waals surface area contributed by atoms with Gasteiger partial charge in [0.1, 0.15) is 24.1 Å². The highest BCUT2D eigenvalue weighted by atomic mass is 16.6. The average Bonchev–Trinajstić information content (AvgIpc) is 3.35. The van der Waals surface area contributed by atoms with E-state index in [2.05, 4.69) is 0 Å². The minimum atomic E-state index is -0.549. The number of hydrogen-bond donors (Lipinski definition) is 0. The maximum Gasteiger partial charge on any atom is 0.164 e. The third-order valence-electron chi connectivity index (χ3n) is 5.37. The summed E-state index contributed by atoms with van der Waals surface area (Å²) in [6.45, 7) is 7.54. The van der Waals surface area contributed by atoms with Gasteiger partial charge in [-0.2, -0.15) is 0 Å². The first-order valence-corrected chi connectivity index (χ1v) is 8.92. The number of rotatable bonds is 7. The molecule has 1 aromatic carbocycles. The molecular weight excluding hydrogens is 320 g/mol. The Kier molecular flexibility index (Phi) is 5.19. The number of methoxy groups -OCH3 is 1. The molecule has 0 aromatic heterocycles. The van der Waals surface area contributed by atoms with Crippen LogP contribution < -0.4 is 4.74 Å². The molecule has 1 spiro atoms. The molecule has 1 aliphatic heterocycles. The molecule has 0 radical (unpaired) electrons. The van der Waals surface area contributed by atoms with E-state index >= 15 is 0 Å². The molecule has 4 atom stereocenters. The minimum Gasteiger partial charge on any atom is -0.491 e. The van der Waals surface area contributed by atoms with Gasteiger partial charge in [-0.1, -0.05) is 25.1 Å². The van der Waals surface area contributed by atoms with Gasteiger partial charge in [0.25, 0.3) is 0 Å². The highest BCUT2D eigenvalue weighted by Gasteiger charge is 2.65. The second kappa shape index (κ2) is 7.06. The monoisotopic (exact) mass is 348 g/mol. The largest absolute Gasteiger partial charge is 0.491 e. The Morgan fingerprint density at radius 2 is 1.92 bits per heavy atom. The number of benzene rings is 1. The molecule has 5 heteroatoms. The number of para-hydroxylation sites is 1. The quantitative estimate of drug-likeness (QED) is 0.560. The van der Waals surface area contributed by atoms with Crippen LogP contribution in [-0.2, 0) is 19.0 Å². The fourth-order valence-corrected chi connectivity index (χ4v) is 4.18. The van der Waals surface area contributed by atoms with Crippen LogP contribution >= 0.6 is 0 Å². The van der Waals surface area contributed by atoms with Crippen molar-refractivity contribution in [3.8, 4) is 5.75 Å². The van der Waals surface area contributed by atoms with E-state index in [1.807, 2.05) is 51.1 Å². The highest BCUT2D eigenvalue weighted by molar-refractivity contribution is 5.87. The lowest BCUT2D eigenvalue weighted by atomic mass is 9.65. The second-order valence-electron chi connectivity index (χ2n) is 7.61. The third-order valence-corrected chi connectivity index (χ3v) is 5.37. The first kappa shape index (κ1) is 18.4. The van der Waals surface area contributed by atoms with E-state index in [1.54, 1.807) is 7.11 Å². The molecule has 1 saturated heterocycles. The van der Waals surface area contributed by atoms with Crippen LogP contribution in [0, 0.1) is 11.8 Å². The Morgan fingerprint density at radius 3 is 2.52 bits per heavy atom. The first-order chi connectivity index (χ1) is 11.9. The number of carbonyl (C=O) groups is 1. The van der Waals surface area contributed by atoms with Crippen LogP contribution in [0.3, 0.4) is 0 Å². The lowest BCUT2D eigenvalue weighted by molar-refractivity contribution is -0.170. The van der Waals surface area contributed by atoms with E-state index in [0.29, 0.717) is 19.8 Å². The Bertz CT molecular complexity index is 593. The fraction of sp³-hybridized carbons (Fsp3) is 0.650. The lowest BCUT2D eigenvalue weighted by Crippen LogP contribution is -2.58. The molecule has 3 rings (SSSR count). The van der Waals surface area contributed by atoms with Crippen molar-refractivity contribution in [2.75, 3.05) is 26.9 Å². The average molecular weight is 348 g/mol. The Morgan fingerprint density at radius 1 is 1.24 bits per heavy atom. The molecule has 1 heterocycles. The SMILES string of the molecule is CO[C@@H]1C(=O)[C@H](C)C[C@]2(CO2)[C@H]1C(C)(C)OCCOc1ccccc1. The van der Waals surface area contributed by atoms with Gasteiger partial charge in [-0.25, -0.2) is 0 Å². The molecule has 1 saturated carbocycles. The van der Waals surface area contributed by atoms with Crippen LogP contribution in [0.25, 0.3) is 0 Å². The number of ether oxygens (including phenoxy) is 4. The zero-order chi connectivity index (χ0) is 18.1. The van der Waals surface area contributed by atoms with Crippen molar-refractivity contribution in [3.05, 3.63) is 30.3 Å². The fourth-order valence-electron chi connectivity index (χ4n) is 4.18.